The third-order valence-corrected chi connectivity index (χ3v) is 10.8. The minimum absolute atomic E-state index is 0.0803. The number of allylic oxidation sites excluding steroid dienone is 6. The van der Waals surface area contributed by atoms with Crippen LogP contribution in [0.5, 0.6) is 0 Å². The van der Waals surface area contributed by atoms with Crippen molar-refractivity contribution in [3.63, 3.8) is 0 Å². The highest BCUT2D eigenvalue weighted by atomic mass is 31.2. The smallest absolute Gasteiger partial charge is 0.457 e. The molecule has 0 saturated heterocycles. The van der Waals surface area contributed by atoms with E-state index in [9.17, 15) is 39.8 Å². The van der Waals surface area contributed by atoms with Gasteiger partial charge in [-0.25, -0.2) is 4.57 Å². The first-order valence-corrected chi connectivity index (χ1v) is 22.8. The molecule has 6 N–H and O–H groups in total. The van der Waals surface area contributed by atoms with Gasteiger partial charge in [0.1, 0.15) is 42.7 Å². The van der Waals surface area contributed by atoms with E-state index >= 15 is 0 Å². The van der Waals surface area contributed by atoms with E-state index in [0.717, 1.165) is 70.6 Å². The van der Waals surface area contributed by atoms with Gasteiger partial charge in [0.2, 0.25) is 0 Å². The third-order valence-electron chi connectivity index (χ3n) is 9.78. The lowest BCUT2D eigenvalue weighted by molar-refractivity contribution is -0.220. The van der Waals surface area contributed by atoms with Crippen LogP contribution >= 0.6 is 7.82 Å². The maximum absolute atomic E-state index is 12.8. The summed E-state index contributed by atoms with van der Waals surface area (Å²) in [6.07, 6.45) is 25.1. The summed E-state index contributed by atoms with van der Waals surface area (Å²) in [5.74, 6) is -0.483. The molecule has 1 aliphatic rings. The first-order valence-electron chi connectivity index (χ1n) is 21.3. The fourth-order valence-electron chi connectivity index (χ4n) is 6.37. The molecule has 0 spiro atoms. The van der Waals surface area contributed by atoms with Crippen molar-refractivity contribution in [1.29, 1.82) is 0 Å². The van der Waals surface area contributed by atoms with Crippen LogP contribution < -0.4 is 0 Å². The molecule has 0 aromatic rings. The topological polar surface area (TPSA) is 192 Å². The Bertz CT molecular complexity index is 1050. The number of hydrogen-bond donors (Lipinski definition) is 6. The second kappa shape index (κ2) is 33.5. The molecule has 6 atom stereocenters. The molecular formula is C42H77O12P. The number of unbranched alkanes of at least 4 members (excludes halogenated alkanes) is 17. The standard InChI is InChI=1S/C42H77O12P/c1-3-5-7-9-11-13-15-16-17-18-19-20-21-22-24-26-28-30-32-51-33-35(53-36(43)31-29-27-25-23-14-12-10-8-6-4-2)34-52-55(49,50)54-42-40(47)38(45)37(44)39(46)41(42)48/h5,7,11,13,16-17,35,37-42,44-48H,3-4,6,8-10,12,14-15,18-34H2,1-2H3,(H,49,50)/b7-5-,13-11-,17-16-. The average molecular weight is 805 g/mol. The third kappa shape index (κ3) is 26.2. The molecule has 0 aliphatic heterocycles. The average Bonchev–Trinajstić information content (AvgIpc) is 3.17. The van der Waals surface area contributed by atoms with Gasteiger partial charge in [0.05, 0.1) is 13.2 Å². The second-order valence-corrected chi connectivity index (χ2v) is 16.2. The normalized spacial score (nSPS) is 23.6. The fourth-order valence-corrected chi connectivity index (χ4v) is 7.34. The molecule has 6 unspecified atom stereocenters. The number of phosphoric acid groups is 1. The van der Waals surface area contributed by atoms with Gasteiger partial charge in [-0.1, -0.05) is 147 Å². The van der Waals surface area contributed by atoms with Crippen molar-refractivity contribution in [3.8, 4) is 0 Å². The van der Waals surface area contributed by atoms with Crippen molar-refractivity contribution in [1.82, 2.24) is 0 Å². The Kier molecular flexibility index (Phi) is 31.4. The van der Waals surface area contributed by atoms with Crippen molar-refractivity contribution in [2.75, 3.05) is 19.8 Å². The van der Waals surface area contributed by atoms with E-state index in [1.807, 2.05) is 0 Å². The predicted molar refractivity (Wildman–Crippen MR) is 216 cm³/mol. The van der Waals surface area contributed by atoms with E-state index in [1.54, 1.807) is 0 Å². The molecule has 55 heavy (non-hydrogen) atoms. The zero-order chi connectivity index (χ0) is 40.6. The quantitative estimate of drug-likeness (QED) is 0.0157. The van der Waals surface area contributed by atoms with E-state index in [-0.39, 0.29) is 13.0 Å². The van der Waals surface area contributed by atoms with Crippen molar-refractivity contribution in [2.45, 2.75) is 204 Å². The van der Waals surface area contributed by atoms with E-state index in [2.05, 4.69) is 50.3 Å². The molecule has 0 radical (unpaired) electrons. The van der Waals surface area contributed by atoms with Crippen LogP contribution in [0.25, 0.3) is 0 Å². The second-order valence-electron chi connectivity index (χ2n) is 14.8. The Morgan fingerprint density at radius 1 is 0.600 bits per heavy atom. The van der Waals surface area contributed by atoms with E-state index in [0.29, 0.717) is 13.0 Å². The number of esters is 1. The number of phosphoric ester groups is 1. The number of aliphatic hydroxyl groups is 5. The molecule has 13 heteroatoms. The van der Waals surface area contributed by atoms with Crippen molar-refractivity contribution >= 4 is 13.8 Å². The van der Waals surface area contributed by atoms with Gasteiger partial charge in [0.25, 0.3) is 0 Å². The number of carbonyl (C=O) groups excluding carboxylic acids is 1. The molecule has 1 aliphatic carbocycles. The van der Waals surface area contributed by atoms with E-state index < -0.39 is 63.1 Å². The van der Waals surface area contributed by atoms with Crippen LogP contribution in [0, 0.1) is 0 Å². The number of carbonyl (C=O) groups is 1. The van der Waals surface area contributed by atoms with Crippen molar-refractivity contribution in [3.05, 3.63) is 36.5 Å². The summed E-state index contributed by atoms with van der Waals surface area (Å²) in [5.41, 5.74) is 0. The zero-order valence-corrected chi connectivity index (χ0v) is 34.9. The first kappa shape index (κ1) is 51.6. The van der Waals surface area contributed by atoms with Crippen LogP contribution in [-0.4, -0.2) is 98.9 Å². The lowest BCUT2D eigenvalue weighted by Gasteiger charge is -2.41. The van der Waals surface area contributed by atoms with Crippen LogP contribution in [0.15, 0.2) is 36.5 Å². The van der Waals surface area contributed by atoms with Gasteiger partial charge in [0.15, 0.2) is 0 Å². The van der Waals surface area contributed by atoms with Gasteiger partial charge in [-0.15, -0.1) is 0 Å². The molecule has 0 aromatic carbocycles. The van der Waals surface area contributed by atoms with Crippen molar-refractivity contribution in [2.24, 2.45) is 0 Å². The van der Waals surface area contributed by atoms with Gasteiger partial charge in [0, 0.05) is 13.0 Å². The molecule has 1 fully saturated rings. The highest BCUT2D eigenvalue weighted by molar-refractivity contribution is 7.47. The molecular weight excluding hydrogens is 727 g/mol. The predicted octanol–water partition coefficient (Wildman–Crippen LogP) is 7.92. The first-order chi connectivity index (χ1) is 26.5. The lowest BCUT2D eigenvalue weighted by atomic mass is 9.85. The summed E-state index contributed by atoms with van der Waals surface area (Å²) in [6, 6.07) is 0. The van der Waals surface area contributed by atoms with Gasteiger partial charge in [-0.05, 0) is 44.9 Å². The molecule has 1 rings (SSSR count). The monoisotopic (exact) mass is 805 g/mol. The molecule has 322 valence electrons. The summed E-state index contributed by atoms with van der Waals surface area (Å²) in [5, 5.41) is 50.0. The van der Waals surface area contributed by atoms with Crippen molar-refractivity contribution < 1.29 is 58.3 Å². The van der Waals surface area contributed by atoms with Crippen LogP contribution in [0.1, 0.15) is 162 Å². The molecule has 0 bridgehead atoms. The van der Waals surface area contributed by atoms with E-state index in [1.165, 1.54) is 64.2 Å². The molecule has 1 saturated carbocycles. The summed E-state index contributed by atoms with van der Waals surface area (Å²) < 4.78 is 34.0. The summed E-state index contributed by atoms with van der Waals surface area (Å²) >= 11 is 0. The van der Waals surface area contributed by atoms with Crippen LogP contribution in [0.3, 0.4) is 0 Å². The highest BCUT2D eigenvalue weighted by Gasteiger charge is 2.51. The SMILES string of the molecule is CC/C=C\C/C=C\C/C=C\CCCCCCCCCCOCC(COP(=O)(O)OC1C(O)C(O)C(O)C(O)C1O)OC(=O)CCCCCCCCCCCC. The fraction of sp³-hybridized carbons (Fsp3) is 0.833. The van der Waals surface area contributed by atoms with Gasteiger partial charge in [-0.3, -0.25) is 13.8 Å². The highest BCUT2D eigenvalue weighted by Crippen LogP contribution is 2.47. The summed E-state index contributed by atoms with van der Waals surface area (Å²) in [6.45, 7) is 4.10. The molecule has 12 nitrogen and oxygen atoms in total. The summed E-state index contributed by atoms with van der Waals surface area (Å²) in [7, 11) is -5.01. The van der Waals surface area contributed by atoms with Crippen LogP contribution in [-0.2, 0) is 27.9 Å². The van der Waals surface area contributed by atoms with E-state index in [4.69, 9.17) is 18.5 Å². The maximum Gasteiger partial charge on any atom is 0.472 e. The van der Waals surface area contributed by atoms with Crippen LogP contribution in [0.4, 0.5) is 0 Å². The Labute approximate surface area is 332 Å². The Balaban J connectivity index is 2.40. The van der Waals surface area contributed by atoms with Crippen LogP contribution in [0.2, 0.25) is 0 Å². The van der Waals surface area contributed by atoms with Gasteiger partial charge in [-0.2, -0.15) is 0 Å². The summed E-state index contributed by atoms with van der Waals surface area (Å²) in [4.78, 5) is 23.0. The minimum atomic E-state index is -5.01. The number of hydrogen-bond acceptors (Lipinski definition) is 11. The lowest BCUT2D eigenvalue weighted by Crippen LogP contribution is -2.64. The largest absolute Gasteiger partial charge is 0.472 e. The molecule has 0 amide bonds. The Morgan fingerprint density at radius 3 is 1.64 bits per heavy atom. The maximum atomic E-state index is 12.8. The molecule has 0 heterocycles. The Morgan fingerprint density at radius 2 is 1.07 bits per heavy atom. The number of ether oxygens (including phenoxy) is 2. The van der Waals surface area contributed by atoms with Gasteiger partial charge >= 0.3 is 13.8 Å². The molecule has 0 aromatic heterocycles. The zero-order valence-electron chi connectivity index (χ0n) is 34.0. The Hall–Kier alpha value is -1.44. The minimum Gasteiger partial charge on any atom is -0.457 e. The number of aliphatic hydroxyl groups excluding tert-OH is 5. The van der Waals surface area contributed by atoms with Gasteiger partial charge < -0.3 is 39.9 Å². The number of rotatable bonds is 35.